The Morgan fingerprint density at radius 1 is 0.935 bits per heavy atom. The average molecular weight is 425 g/mol. The van der Waals surface area contributed by atoms with Crippen LogP contribution in [0.3, 0.4) is 0 Å². The van der Waals surface area contributed by atoms with Crippen molar-refractivity contribution in [2.75, 3.05) is 51.3 Å². The van der Waals surface area contributed by atoms with Gasteiger partial charge in [-0.1, -0.05) is 43.5 Å². The molecule has 5 heteroatoms. The molecule has 2 fully saturated rings. The molecule has 0 radical (unpaired) electrons. The first-order chi connectivity index (χ1) is 15.2. The molecule has 0 amide bonds. The SMILES string of the molecule is COc1ccccc1N1CCN(C[C@H](O)COc2ccc(C3CCCCC3)cc2)CC1. The van der Waals surface area contributed by atoms with E-state index < -0.39 is 6.10 Å². The van der Waals surface area contributed by atoms with Gasteiger partial charge in [0.25, 0.3) is 0 Å². The van der Waals surface area contributed by atoms with Crippen LogP contribution >= 0.6 is 0 Å². The molecule has 1 saturated carbocycles. The fourth-order valence-electron chi connectivity index (χ4n) is 4.88. The average Bonchev–Trinajstić information content (AvgIpc) is 2.84. The molecule has 2 aromatic carbocycles. The Hall–Kier alpha value is -2.24. The van der Waals surface area contributed by atoms with Crippen LogP contribution in [0.2, 0.25) is 0 Å². The minimum atomic E-state index is -0.490. The fourth-order valence-corrected chi connectivity index (χ4v) is 4.88. The lowest BCUT2D eigenvalue weighted by Gasteiger charge is -2.37. The number of β-amino-alcohol motifs (C(OH)–C–C–N with tert-alkyl or cyclic N) is 1. The highest BCUT2D eigenvalue weighted by atomic mass is 16.5. The summed E-state index contributed by atoms with van der Waals surface area (Å²) < 4.78 is 11.4. The number of aliphatic hydroxyl groups excluding tert-OH is 1. The summed E-state index contributed by atoms with van der Waals surface area (Å²) in [6.45, 7) is 4.67. The number of hydrogen-bond donors (Lipinski definition) is 1. The smallest absolute Gasteiger partial charge is 0.142 e. The molecule has 1 atom stereocenters. The summed E-state index contributed by atoms with van der Waals surface area (Å²) in [6.07, 6.45) is 6.21. The Morgan fingerprint density at radius 3 is 2.35 bits per heavy atom. The van der Waals surface area contributed by atoms with Crippen molar-refractivity contribution in [2.24, 2.45) is 0 Å². The molecular formula is C26H36N2O3. The summed E-state index contributed by atoms with van der Waals surface area (Å²) in [5, 5.41) is 10.5. The van der Waals surface area contributed by atoms with E-state index in [-0.39, 0.29) is 0 Å². The number of hydrogen-bond acceptors (Lipinski definition) is 5. The Bertz CT molecular complexity index is 797. The van der Waals surface area contributed by atoms with Crippen molar-refractivity contribution in [1.29, 1.82) is 0 Å². The van der Waals surface area contributed by atoms with Crippen molar-refractivity contribution in [1.82, 2.24) is 4.90 Å². The third-order valence-corrected chi connectivity index (χ3v) is 6.67. The minimum Gasteiger partial charge on any atom is -0.495 e. The number of anilines is 1. The monoisotopic (exact) mass is 424 g/mol. The fraction of sp³-hybridized carbons (Fsp3) is 0.538. The van der Waals surface area contributed by atoms with Crippen LogP contribution in [0.4, 0.5) is 5.69 Å². The van der Waals surface area contributed by atoms with E-state index in [0.29, 0.717) is 19.1 Å². The van der Waals surface area contributed by atoms with E-state index in [1.165, 1.54) is 37.7 Å². The van der Waals surface area contributed by atoms with E-state index in [2.05, 4.69) is 40.1 Å². The molecule has 0 spiro atoms. The van der Waals surface area contributed by atoms with Gasteiger partial charge in [0.1, 0.15) is 24.2 Å². The summed E-state index contributed by atoms with van der Waals surface area (Å²) in [5.74, 6) is 2.47. The number of para-hydroxylation sites is 2. The first kappa shape index (κ1) is 22.0. The van der Waals surface area contributed by atoms with Crippen LogP contribution in [0.25, 0.3) is 0 Å². The number of ether oxygens (including phenoxy) is 2. The second-order valence-corrected chi connectivity index (χ2v) is 8.83. The summed E-state index contributed by atoms with van der Waals surface area (Å²) in [6, 6.07) is 16.7. The van der Waals surface area contributed by atoms with Gasteiger partial charge in [-0.05, 0) is 48.6 Å². The lowest BCUT2D eigenvalue weighted by atomic mass is 9.84. The van der Waals surface area contributed by atoms with Crippen LogP contribution in [0.1, 0.15) is 43.6 Å². The van der Waals surface area contributed by atoms with Crippen molar-refractivity contribution in [2.45, 2.75) is 44.1 Å². The van der Waals surface area contributed by atoms with Gasteiger partial charge in [-0.2, -0.15) is 0 Å². The van der Waals surface area contributed by atoms with Gasteiger partial charge < -0.3 is 19.5 Å². The van der Waals surface area contributed by atoms with E-state index in [9.17, 15) is 5.11 Å². The molecule has 4 rings (SSSR count). The van der Waals surface area contributed by atoms with Gasteiger partial charge in [0.05, 0.1) is 12.8 Å². The standard InChI is InChI=1S/C26H36N2O3/c1-30-26-10-6-5-9-25(26)28-17-15-27(16-18-28)19-23(29)20-31-24-13-11-22(12-14-24)21-7-3-2-4-8-21/h5-6,9-14,21,23,29H,2-4,7-8,15-20H2,1H3/t23-/m0/s1. The van der Waals surface area contributed by atoms with E-state index in [1.54, 1.807) is 7.11 Å². The number of nitrogens with zero attached hydrogens (tertiary/aromatic N) is 2. The quantitative estimate of drug-likeness (QED) is 0.684. The van der Waals surface area contributed by atoms with Crippen molar-refractivity contribution < 1.29 is 14.6 Å². The molecule has 0 unspecified atom stereocenters. The van der Waals surface area contributed by atoms with Gasteiger partial charge in [0.2, 0.25) is 0 Å². The van der Waals surface area contributed by atoms with Gasteiger partial charge >= 0.3 is 0 Å². The molecule has 5 nitrogen and oxygen atoms in total. The van der Waals surface area contributed by atoms with Crippen LogP contribution in [-0.4, -0.2) is 62.6 Å². The molecule has 1 saturated heterocycles. The first-order valence-electron chi connectivity index (χ1n) is 11.7. The topological polar surface area (TPSA) is 45.2 Å². The Balaban J connectivity index is 1.19. The number of aliphatic hydroxyl groups is 1. The molecule has 168 valence electrons. The lowest BCUT2D eigenvalue weighted by Crippen LogP contribution is -2.49. The molecule has 0 bridgehead atoms. The largest absolute Gasteiger partial charge is 0.495 e. The highest BCUT2D eigenvalue weighted by molar-refractivity contribution is 5.58. The van der Waals surface area contributed by atoms with E-state index in [0.717, 1.165) is 43.4 Å². The van der Waals surface area contributed by atoms with Gasteiger partial charge in [-0.3, -0.25) is 4.90 Å². The van der Waals surface area contributed by atoms with Crippen LogP contribution in [-0.2, 0) is 0 Å². The number of methoxy groups -OCH3 is 1. The molecule has 1 aliphatic carbocycles. The van der Waals surface area contributed by atoms with Gasteiger partial charge in [0, 0.05) is 32.7 Å². The highest BCUT2D eigenvalue weighted by Crippen LogP contribution is 2.33. The molecule has 1 N–H and O–H groups in total. The zero-order valence-electron chi connectivity index (χ0n) is 18.7. The van der Waals surface area contributed by atoms with Gasteiger partial charge in [0.15, 0.2) is 0 Å². The summed E-state index contributed by atoms with van der Waals surface area (Å²) in [5.41, 5.74) is 2.57. The van der Waals surface area contributed by atoms with Gasteiger partial charge in [-0.15, -0.1) is 0 Å². The lowest BCUT2D eigenvalue weighted by molar-refractivity contribution is 0.0662. The second-order valence-electron chi connectivity index (χ2n) is 8.83. The normalized spacial score (nSPS) is 19.2. The molecule has 1 heterocycles. The maximum Gasteiger partial charge on any atom is 0.142 e. The minimum absolute atomic E-state index is 0.329. The summed E-state index contributed by atoms with van der Waals surface area (Å²) in [4.78, 5) is 4.66. The third-order valence-electron chi connectivity index (χ3n) is 6.67. The predicted octanol–water partition coefficient (Wildman–Crippen LogP) is 4.30. The van der Waals surface area contributed by atoms with E-state index in [4.69, 9.17) is 9.47 Å². The number of piperazine rings is 1. The Labute approximate surface area is 186 Å². The second kappa shape index (κ2) is 10.9. The maximum absolute atomic E-state index is 10.5. The number of benzene rings is 2. The van der Waals surface area contributed by atoms with Crippen LogP contribution < -0.4 is 14.4 Å². The maximum atomic E-state index is 10.5. The Kier molecular flexibility index (Phi) is 7.71. The van der Waals surface area contributed by atoms with Crippen molar-refractivity contribution in [3.8, 4) is 11.5 Å². The van der Waals surface area contributed by atoms with Crippen LogP contribution in [0, 0.1) is 0 Å². The van der Waals surface area contributed by atoms with Crippen LogP contribution in [0.15, 0.2) is 48.5 Å². The molecule has 0 aromatic heterocycles. The third kappa shape index (κ3) is 5.92. The molecule has 2 aromatic rings. The molecule has 1 aliphatic heterocycles. The van der Waals surface area contributed by atoms with Crippen molar-refractivity contribution in [3.05, 3.63) is 54.1 Å². The zero-order valence-corrected chi connectivity index (χ0v) is 18.7. The van der Waals surface area contributed by atoms with Crippen molar-refractivity contribution in [3.63, 3.8) is 0 Å². The summed E-state index contributed by atoms with van der Waals surface area (Å²) in [7, 11) is 1.72. The van der Waals surface area contributed by atoms with Gasteiger partial charge in [-0.25, -0.2) is 0 Å². The molecule has 2 aliphatic rings. The Morgan fingerprint density at radius 2 is 1.65 bits per heavy atom. The van der Waals surface area contributed by atoms with E-state index in [1.807, 2.05) is 18.2 Å². The highest BCUT2D eigenvalue weighted by Gasteiger charge is 2.21. The molecule has 31 heavy (non-hydrogen) atoms. The predicted molar refractivity (Wildman–Crippen MR) is 125 cm³/mol. The van der Waals surface area contributed by atoms with E-state index >= 15 is 0 Å². The zero-order chi connectivity index (χ0) is 21.5. The van der Waals surface area contributed by atoms with Crippen molar-refractivity contribution >= 4 is 5.69 Å². The molecular weight excluding hydrogens is 388 g/mol. The first-order valence-corrected chi connectivity index (χ1v) is 11.7. The number of rotatable bonds is 8. The summed E-state index contributed by atoms with van der Waals surface area (Å²) >= 11 is 0. The van der Waals surface area contributed by atoms with Crippen LogP contribution in [0.5, 0.6) is 11.5 Å².